The smallest absolute Gasteiger partial charge is 0.241 e. The maximum absolute atomic E-state index is 12.3. The van der Waals surface area contributed by atoms with E-state index in [0.717, 1.165) is 37.3 Å². The van der Waals surface area contributed by atoms with Crippen molar-refractivity contribution in [3.05, 3.63) is 24.3 Å². The van der Waals surface area contributed by atoms with E-state index >= 15 is 0 Å². The number of nitrogens with one attached hydrogen (secondary N) is 2. The first-order valence-electron chi connectivity index (χ1n) is 8.69. The molecule has 24 heavy (non-hydrogen) atoms. The van der Waals surface area contributed by atoms with Crippen molar-refractivity contribution in [2.45, 2.75) is 40.5 Å². The van der Waals surface area contributed by atoms with Gasteiger partial charge in [-0.15, -0.1) is 0 Å². The number of anilines is 2. The number of hydrogen-bond acceptors (Lipinski definition) is 3. The number of carbonyl (C=O) groups is 2. The molecule has 2 rings (SSSR count). The van der Waals surface area contributed by atoms with Crippen LogP contribution in [0.25, 0.3) is 0 Å². The lowest BCUT2D eigenvalue weighted by Gasteiger charge is -2.30. The van der Waals surface area contributed by atoms with E-state index in [1.165, 1.54) is 0 Å². The van der Waals surface area contributed by atoms with Gasteiger partial charge in [-0.05, 0) is 37.0 Å². The second kappa shape index (κ2) is 7.69. The Morgan fingerprint density at radius 1 is 1.17 bits per heavy atom. The zero-order valence-corrected chi connectivity index (χ0v) is 15.2. The Morgan fingerprint density at radius 3 is 2.42 bits per heavy atom. The summed E-state index contributed by atoms with van der Waals surface area (Å²) in [6.45, 7) is 9.85. The van der Waals surface area contributed by atoms with E-state index in [4.69, 9.17) is 0 Å². The predicted molar refractivity (Wildman–Crippen MR) is 98.0 cm³/mol. The van der Waals surface area contributed by atoms with Crippen LogP contribution in [0.2, 0.25) is 0 Å². The average molecular weight is 331 g/mol. The summed E-state index contributed by atoms with van der Waals surface area (Å²) in [5.74, 6) is 0.814. The van der Waals surface area contributed by atoms with Gasteiger partial charge in [-0.2, -0.15) is 0 Å². The Labute approximate surface area is 144 Å². The molecule has 1 aromatic rings. The first-order chi connectivity index (χ1) is 11.3. The minimum absolute atomic E-state index is 0.0295. The van der Waals surface area contributed by atoms with E-state index in [2.05, 4.69) is 17.6 Å². The standard InChI is InChI=1S/C19H29N3O2/c1-14-8-10-22(11-9-14)17(23)13-20-15-6-5-7-16(12-15)21-18(24)19(2,3)4/h5-7,12,14,20H,8-11,13H2,1-4H3,(H,21,24). The fraction of sp³-hybridized carbons (Fsp3) is 0.579. The molecule has 0 aliphatic carbocycles. The predicted octanol–water partition coefficient (Wildman–Crippen LogP) is 3.34. The van der Waals surface area contributed by atoms with Crippen LogP contribution in [-0.4, -0.2) is 36.3 Å². The van der Waals surface area contributed by atoms with E-state index in [0.29, 0.717) is 5.92 Å². The number of nitrogens with zero attached hydrogens (tertiary/aromatic N) is 1. The van der Waals surface area contributed by atoms with E-state index in [1.807, 2.05) is 49.9 Å². The molecule has 0 radical (unpaired) electrons. The normalized spacial score (nSPS) is 15.9. The first kappa shape index (κ1) is 18.3. The number of amides is 2. The molecular formula is C19H29N3O2. The van der Waals surface area contributed by atoms with Crippen LogP contribution in [0.3, 0.4) is 0 Å². The summed E-state index contributed by atoms with van der Waals surface area (Å²) >= 11 is 0. The van der Waals surface area contributed by atoms with Crippen molar-refractivity contribution >= 4 is 23.2 Å². The van der Waals surface area contributed by atoms with Gasteiger partial charge in [0.05, 0.1) is 6.54 Å². The Hall–Kier alpha value is -2.04. The summed E-state index contributed by atoms with van der Waals surface area (Å²) in [6.07, 6.45) is 2.17. The summed E-state index contributed by atoms with van der Waals surface area (Å²) in [7, 11) is 0. The van der Waals surface area contributed by atoms with E-state index in [1.54, 1.807) is 0 Å². The number of likely N-dealkylation sites (tertiary alicyclic amines) is 1. The summed E-state index contributed by atoms with van der Waals surface area (Å²) in [5.41, 5.74) is 1.13. The molecular weight excluding hydrogens is 302 g/mol. The molecule has 0 spiro atoms. The van der Waals surface area contributed by atoms with Crippen LogP contribution >= 0.6 is 0 Å². The lowest BCUT2D eigenvalue weighted by Crippen LogP contribution is -2.40. The quantitative estimate of drug-likeness (QED) is 0.889. The molecule has 1 fully saturated rings. The van der Waals surface area contributed by atoms with Gasteiger partial charge in [0.25, 0.3) is 0 Å². The summed E-state index contributed by atoms with van der Waals surface area (Å²) in [6, 6.07) is 7.48. The van der Waals surface area contributed by atoms with E-state index in [-0.39, 0.29) is 18.4 Å². The fourth-order valence-electron chi connectivity index (χ4n) is 2.57. The molecule has 0 bridgehead atoms. The molecule has 1 aliphatic heterocycles. The number of piperidine rings is 1. The maximum atomic E-state index is 12.3. The van der Waals surface area contributed by atoms with Gasteiger partial charge in [-0.25, -0.2) is 0 Å². The third-order valence-electron chi connectivity index (χ3n) is 4.38. The van der Waals surface area contributed by atoms with E-state index < -0.39 is 5.41 Å². The third kappa shape index (κ3) is 5.25. The maximum Gasteiger partial charge on any atom is 0.241 e. The minimum atomic E-state index is -0.440. The highest BCUT2D eigenvalue weighted by Crippen LogP contribution is 2.20. The molecule has 1 aliphatic rings. The SMILES string of the molecule is CC1CCN(C(=O)CNc2cccc(NC(=O)C(C)(C)C)c2)CC1. The largest absolute Gasteiger partial charge is 0.376 e. The Bertz CT molecular complexity index is 585. The fourth-order valence-corrected chi connectivity index (χ4v) is 2.57. The third-order valence-corrected chi connectivity index (χ3v) is 4.38. The zero-order valence-electron chi connectivity index (χ0n) is 15.2. The van der Waals surface area contributed by atoms with Gasteiger partial charge >= 0.3 is 0 Å². The molecule has 1 heterocycles. The molecule has 5 nitrogen and oxygen atoms in total. The number of carbonyl (C=O) groups excluding carboxylic acids is 2. The van der Waals surface area contributed by atoms with Crippen molar-refractivity contribution in [1.29, 1.82) is 0 Å². The van der Waals surface area contributed by atoms with Crippen LogP contribution in [-0.2, 0) is 9.59 Å². The molecule has 132 valence electrons. The monoisotopic (exact) mass is 331 g/mol. The van der Waals surface area contributed by atoms with Gasteiger partial charge in [-0.3, -0.25) is 9.59 Å². The van der Waals surface area contributed by atoms with Gasteiger partial charge in [0.15, 0.2) is 0 Å². The van der Waals surface area contributed by atoms with Gasteiger partial charge in [0.1, 0.15) is 0 Å². The summed E-state index contributed by atoms with van der Waals surface area (Å²) < 4.78 is 0. The topological polar surface area (TPSA) is 61.4 Å². The second-order valence-corrected chi connectivity index (χ2v) is 7.70. The van der Waals surface area contributed by atoms with Crippen molar-refractivity contribution in [2.24, 2.45) is 11.3 Å². The molecule has 5 heteroatoms. The van der Waals surface area contributed by atoms with Crippen LogP contribution < -0.4 is 10.6 Å². The zero-order chi connectivity index (χ0) is 17.7. The number of rotatable bonds is 4. The van der Waals surface area contributed by atoms with Crippen LogP contribution in [0.1, 0.15) is 40.5 Å². The Morgan fingerprint density at radius 2 is 1.79 bits per heavy atom. The van der Waals surface area contributed by atoms with Gasteiger partial charge in [-0.1, -0.05) is 33.8 Å². The molecule has 0 atom stereocenters. The summed E-state index contributed by atoms with van der Waals surface area (Å²) in [5, 5.41) is 6.07. The van der Waals surface area contributed by atoms with Crippen molar-refractivity contribution in [2.75, 3.05) is 30.3 Å². The Balaban J connectivity index is 1.88. The second-order valence-electron chi connectivity index (χ2n) is 7.70. The minimum Gasteiger partial charge on any atom is -0.376 e. The molecule has 2 N–H and O–H groups in total. The van der Waals surface area contributed by atoms with Crippen LogP contribution in [0.4, 0.5) is 11.4 Å². The van der Waals surface area contributed by atoms with Crippen molar-refractivity contribution in [3.63, 3.8) is 0 Å². The van der Waals surface area contributed by atoms with Crippen molar-refractivity contribution in [1.82, 2.24) is 4.90 Å². The van der Waals surface area contributed by atoms with Crippen molar-refractivity contribution < 1.29 is 9.59 Å². The van der Waals surface area contributed by atoms with E-state index in [9.17, 15) is 9.59 Å². The average Bonchev–Trinajstić information content (AvgIpc) is 2.53. The first-order valence-corrected chi connectivity index (χ1v) is 8.69. The Kier molecular flexibility index (Phi) is 5.86. The number of hydrogen-bond donors (Lipinski definition) is 2. The van der Waals surface area contributed by atoms with Crippen molar-refractivity contribution in [3.8, 4) is 0 Å². The molecule has 0 aromatic heterocycles. The molecule has 1 aromatic carbocycles. The van der Waals surface area contributed by atoms with Crippen LogP contribution in [0, 0.1) is 11.3 Å². The van der Waals surface area contributed by atoms with Gasteiger partial charge in [0, 0.05) is 29.9 Å². The highest BCUT2D eigenvalue weighted by atomic mass is 16.2. The lowest BCUT2D eigenvalue weighted by molar-refractivity contribution is -0.130. The van der Waals surface area contributed by atoms with Gasteiger partial charge in [0.2, 0.25) is 11.8 Å². The highest BCUT2D eigenvalue weighted by Gasteiger charge is 2.21. The molecule has 0 unspecified atom stereocenters. The molecule has 2 amide bonds. The summed E-state index contributed by atoms with van der Waals surface area (Å²) in [4.78, 5) is 26.2. The van der Waals surface area contributed by atoms with Crippen LogP contribution in [0.5, 0.6) is 0 Å². The number of benzene rings is 1. The highest BCUT2D eigenvalue weighted by molar-refractivity contribution is 5.95. The molecule has 0 saturated carbocycles. The van der Waals surface area contributed by atoms with Gasteiger partial charge < -0.3 is 15.5 Å². The molecule has 1 saturated heterocycles. The van der Waals surface area contributed by atoms with Crippen LogP contribution in [0.15, 0.2) is 24.3 Å². The lowest BCUT2D eigenvalue weighted by atomic mass is 9.95.